The fourth-order valence-electron chi connectivity index (χ4n) is 3.47. The summed E-state index contributed by atoms with van der Waals surface area (Å²) >= 11 is 1.40. The highest BCUT2D eigenvalue weighted by atomic mass is 32.2. The van der Waals surface area contributed by atoms with Crippen LogP contribution >= 0.6 is 11.3 Å². The quantitative estimate of drug-likeness (QED) is 0.397. The first-order valence-corrected chi connectivity index (χ1v) is 12.9. The Hall–Kier alpha value is -3.67. The molecule has 1 heterocycles. The predicted molar refractivity (Wildman–Crippen MR) is 136 cm³/mol. The number of rotatable bonds is 6. The molecule has 8 heteroatoms. The molecule has 172 valence electrons. The average molecular weight is 490 g/mol. The first-order valence-electron chi connectivity index (χ1n) is 10.6. The number of hydrogen-bond donors (Lipinski definition) is 1. The monoisotopic (exact) mass is 489 g/mol. The minimum atomic E-state index is -3.79. The molecule has 3 aromatic carbocycles. The minimum Gasteiger partial charge on any atom is -0.305 e. The zero-order chi connectivity index (χ0) is 24.3. The number of carbonyl (C=O) groups excluding carboxylic acids is 1. The Balaban J connectivity index is 1.67. The first kappa shape index (κ1) is 23.5. The Bertz CT molecular complexity index is 1590. The molecule has 0 bridgehead atoms. The Morgan fingerprint density at radius 2 is 1.88 bits per heavy atom. The molecule has 1 aromatic heterocycles. The van der Waals surface area contributed by atoms with Crippen LogP contribution in [0.5, 0.6) is 0 Å². The number of carbonyl (C=O) groups is 1. The Morgan fingerprint density at radius 3 is 2.59 bits per heavy atom. The number of nitrogens with zero attached hydrogens (tertiary/aromatic N) is 2. The number of aryl methyl sites for hydroxylation is 2. The van der Waals surface area contributed by atoms with Gasteiger partial charge in [0.15, 0.2) is 4.80 Å². The molecule has 0 saturated carbocycles. The average Bonchev–Trinajstić information content (AvgIpc) is 3.15. The molecular weight excluding hydrogens is 466 g/mol. The zero-order valence-electron chi connectivity index (χ0n) is 18.8. The smallest absolute Gasteiger partial charge is 0.279 e. The Labute approximate surface area is 202 Å². The fourth-order valence-corrected chi connectivity index (χ4v) is 5.61. The number of anilines is 1. The van der Waals surface area contributed by atoms with E-state index >= 15 is 0 Å². The molecule has 1 N–H and O–H groups in total. The highest BCUT2D eigenvalue weighted by Crippen LogP contribution is 2.21. The number of hydrogen-bond acceptors (Lipinski definition) is 4. The summed E-state index contributed by atoms with van der Waals surface area (Å²) in [6.45, 7) is 4.25. The maximum Gasteiger partial charge on any atom is 0.279 e. The van der Waals surface area contributed by atoms with Crippen LogP contribution in [0.1, 0.15) is 28.4 Å². The second-order valence-corrected chi connectivity index (χ2v) is 10.4. The van der Waals surface area contributed by atoms with Crippen LogP contribution in [0.4, 0.5) is 5.69 Å². The molecule has 0 aliphatic heterocycles. The molecule has 0 spiro atoms. The lowest BCUT2D eigenvalue weighted by Crippen LogP contribution is -2.17. The van der Waals surface area contributed by atoms with Gasteiger partial charge in [-0.05, 0) is 61.4 Å². The first-order chi connectivity index (χ1) is 16.3. The molecular formula is C26H23N3O3S2. The summed E-state index contributed by atoms with van der Waals surface area (Å²) in [7, 11) is -3.79. The van der Waals surface area contributed by atoms with Crippen molar-refractivity contribution in [2.75, 3.05) is 4.72 Å². The molecule has 0 atom stereocenters. The van der Waals surface area contributed by atoms with Gasteiger partial charge >= 0.3 is 0 Å². The van der Waals surface area contributed by atoms with E-state index in [4.69, 9.17) is 6.42 Å². The minimum absolute atomic E-state index is 0.145. The molecule has 6 nitrogen and oxygen atoms in total. The van der Waals surface area contributed by atoms with Crippen molar-refractivity contribution in [1.82, 2.24) is 4.57 Å². The van der Waals surface area contributed by atoms with Gasteiger partial charge in [-0.2, -0.15) is 4.99 Å². The second-order valence-electron chi connectivity index (χ2n) is 7.75. The van der Waals surface area contributed by atoms with Crippen LogP contribution in [0, 0.1) is 19.3 Å². The summed E-state index contributed by atoms with van der Waals surface area (Å²) in [6.07, 6.45) is 6.46. The molecule has 0 radical (unpaired) electrons. The van der Waals surface area contributed by atoms with Crippen molar-refractivity contribution in [2.45, 2.75) is 31.7 Å². The van der Waals surface area contributed by atoms with Crippen molar-refractivity contribution in [3.63, 3.8) is 0 Å². The number of aromatic nitrogens is 1. The van der Waals surface area contributed by atoms with Gasteiger partial charge in [-0.1, -0.05) is 54.0 Å². The predicted octanol–water partition coefficient (Wildman–Crippen LogP) is 4.75. The lowest BCUT2D eigenvalue weighted by molar-refractivity contribution is 0.0998. The molecule has 0 aliphatic rings. The summed E-state index contributed by atoms with van der Waals surface area (Å²) < 4.78 is 30.8. The lowest BCUT2D eigenvalue weighted by Gasteiger charge is -2.09. The van der Waals surface area contributed by atoms with E-state index in [9.17, 15) is 13.2 Å². The van der Waals surface area contributed by atoms with Gasteiger partial charge < -0.3 is 4.57 Å². The van der Waals surface area contributed by atoms with Gasteiger partial charge in [0.05, 0.1) is 21.7 Å². The van der Waals surface area contributed by atoms with Gasteiger partial charge in [0.25, 0.3) is 15.9 Å². The maximum absolute atomic E-state index is 13.0. The second kappa shape index (κ2) is 9.67. The van der Waals surface area contributed by atoms with Crippen LogP contribution in [0.15, 0.2) is 76.6 Å². The van der Waals surface area contributed by atoms with Crippen molar-refractivity contribution in [3.8, 4) is 12.3 Å². The highest BCUT2D eigenvalue weighted by Gasteiger charge is 2.15. The van der Waals surface area contributed by atoms with Crippen LogP contribution in [-0.4, -0.2) is 18.9 Å². The third kappa shape index (κ3) is 4.96. The molecule has 0 saturated heterocycles. The van der Waals surface area contributed by atoms with Gasteiger partial charge in [0, 0.05) is 11.3 Å². The number of benzene rings is 3. The van der Waals surface area contributed by atoms with E-state index in [0.29, 0.717) is 4.80 Å². The SMILES string of the molecule is C#CCn1c(=NC(=O)c2cccc(NS(=O)(=O)c3ccc(C)cc3)c2)sc2cc(CC)ccc21. The molecule has 34 heavy (non-hydrogen) atoms. The van der Waals surface area contributed by atoms with Crippen LogP contribution < -0.4 is 9.52 Å². The molecule has 1 amide bonds. The highest BCUT2D eigenvalue weighted by molar-refractivity contribution is 7.92. The van der Waals surface area contributed by atoms with Crippen LogP contribution in [-0.2, 0) is 23.0 Å². The van der Waals surface area contributed by atoms with Gasteiger partial charge in [0.1, 0.15) is 0 Å². The fraction of sp³-hybridized carbons (Fsp3) is 0.154. The summed E-state index contributed by atoms with van der Waals surface area (Å²) in [6, 6.07) is 18.9. The number of sulfonamides is 1. The molecule has 0 aliphatic carbocycles. The lowest BCUT2D eigenvalue weighted by atomic mass is 10.2. The van der Waals surface area contributed by atoms with E-state index in [1.165, 1.54) is 35.1 Å². The molecule has 4 rings (SSSR count). The Morgan fingerprint density at radius 1 is 1.12 bits per heavy atom. The van der Waals surface area contributed by atoms with E-state index < -0.39 is 15.9 Å². The van der Waals surface area contributed by atoms with Gasteiger partial charge in [-0.25, -0.2) is 8.42 Å². The third-order valence-electron chi connectivity index (χ3n) is 5.30. The number of amides is 1. The van der Waals surface area contributed by atoms with Gasteiger partial charge in [-0.3, -0.25) is 9.52 Å². The van der Waals surface area contributed by atoms with E-state index in [2.05, 4.69) is 28.6 Å². The van der Waals surface area contributed by atoms with Crippen molar-refractivity contribution >= 4 is 43.2 Å². The zero-order valence-corrected chi connectivity index (χ0v) is 20.4. The third-order valence-corrected chi connectivity index (χ3v) is 7.73. The van der Waals surface area contributed by atoms with Crippen molar-refractivity contribution < 1.29 is 13.2 Å². The topological polar surface area (TPSA) is 80.5 Å². The van der Waals surface area contributed by atoms with Crippen LogP contribution in [0.25, 0.3) is 10.2 Å². The van der Waals surface area contributed by atoms with Crippen LogP contribution in [0.3, 0.4) is 0 Å². The van der Waals surface area contributed by atoms with Crippen molar-refractivity contribution in [3.05, 3.63) is 88.2 Å². The normalized spacial score (nSPS) is 12.0. The summed E-state index contributed by atoms with van der Waals surface area (Å²) in [5.74, 6) is 2.14. The van der Waals surface area contributed by atoms with Gasteiger partial charge in [0.2, 0.25) is 0 Å². The number of fused-ring (bicyclic) bond motifs is 1. The number of nitrogens with one attached hydrogen (secondary N) is 1. The number of terminal acetylenes is 1. The van der Waals surface area contributed by atoms with Crippen molar-refractivity contribution in [2.24, 2.45) is 4.99 Å². The number of thiazole rings is 1. The molecule has 4 aromatic rings. The van der Waals surface area contributed by atoms with E-state index in [-0.39, 0.29) is 22.7 Å². The molecule has 0 fully saturated rings. The van der Waals surface area contributed by atoms with Gasteiger partial charge in [-0.15, -0.1) is 6.42 Å². The van der Waals surface area contributed by atoms with E-state index in [1.54, 1.807) is 30.3 Å². The molecule has 0 unspecified atom stereocenters. The van der Waals surface area contributed by atoms with Crippen LogP contribution in [0.2, 0.25) is 0 Å². The Kier molecular flexibility index (Phi) is 6.68. The van der Waals surface area contributed by atoms with E-state index in [1.807, 2.05) is 23.6 Å². The summed E-state index contributed by atoms with van der Waals surface area (Å²) in [4.78, 5) is 18.0. The van der Waals surface area contributed by atoms with E-state index in [0.717, 1.165) is 22.2 Å². The maximum atomic E-state index is 13.0. The standard InChI is InChI=1S/C26H23N3O3S2/c1-4-15-29-23-14-11-19(5-2)16-24(23)33-26(29)27-25(30)20-7-6-8-21(17-20)28-34(31,32)22-12-9-18(3)10-13-22/h1,6-14,16-17,28H,5,15H2,2-3H3. The van der Waals surface area contributed by atoms with Crippen molar-refractivity contribution in [1.29, 1.82) is 0 Å². The largest absolute Gasteiger partial charge is 0.305 e. The summed E-state index contributed by atoms with van der Waals surface area (Å²) in [5, 5.41) is 0. The summed E-state index contributed by atoms with van der Waals surface area (Å²) in [5.41, 5.74) is 3.62.